The Kier molecular flexibility index (Phi) is 2.42. The summed E-state index contributed by atoms with van der Waals surface area (Å²) in [7, 11) is 0. The van der Waals surface area contributed by atoms with Gasteiger partial charge in [0.2, 0.25) is 0 Å². The Morgan fingerprint density at radius 3 is 2.53 bits per heavy atom. The topological polar surface area (TPSA) is 38.9 Å². The fraction of sp³-hybridized carbons (Fsp3) is 0.154. The average Bonchev–Trinajstić information content (AvgIpc) is 2.20. The highest BCUT2D eigenvalue weighted by atomic mass is 14.7. The number of rotatable bonds is 1. The number of aromatic nitrogens is 1. The van der Waals surface area contributed by atoms with E-state index in [-0.39, 0.29) is 0 Å². The van der Waals surface area contributed by atoms with Crippen molar-refractivity contribution >= 4 is 5.69 Å². The molecule has 0 aliphatic carbocycles. The minimum absolute atomic E-state index is 0.740. The van der Waals surface area contributed by atoms with E-state index < -0.39 is 0 Å². The molecular formula is C13H14N2. The summed E-state index contributed by atoms with van der Waals surface area (Å²) in [5, 5.41) is 0. The highest BCUT2D eigenvalue weighted by molar-refractivity contribution is 5.74. The molecule has 0 saturated carbocycles. The highest BCUT2D eigenvalue weighted by Gasteiger charge is 2.06. The van der Waals surface area contributed by atoms with Gasteiger partial charge in [0, 0.05) is 11.8 Å². The van der Waals surface area contributed by atoms with Crippen molar-refractivity contribution in [2.45, 2.75) is 13.8 Å². The van der Waals surface area contributed by atoms with Crippen LogP contribution in [0.3, 0.4) is 0 Å². The van der Waals surface area contributed by atoms with Gasteiger partial charge in [0.25, 0.3) is 0 Å². The Morgan fingerprint density at radius 2 is 1.87 bits per heavy atom. The van der Waals surface area contributed by atoms with Gasteiger partial charge >= 0.3 is 0 Å². The molecule has 0 atom stereocenters. The molecule has 1 aromatic heterocycles. The lowest BCUT2D eigenvalue weighted by Gasteiger charge is -2.08. The first-order chi connectivity index (χ1) is 7.18. The second-order valence-corrected chi connectivity index (χ2v) is 3.77. The van der Waals surface area contributed by atoms with E-state index in [4.69, 9.17) is 5.73 Å². The van der Waals surface area contributed by atoms with Gasteiger partial charge in [0.1, 0.15) is 0 Å². The molecule has 0 radical (unpaired) electrons. The van der Waals surface area contributed by atoms with Crippen LogP contribution >= 0.6 is 0 Å². The summed E-state index contributed by atoms with van der Waals surface area (Å²) in [5.41, 5.74) is 11.0. The molecule has 2 nitrogen and oxygen atoms in total. The Morgan fingerprint density at radius 1 is 1.13 bits per heavy atom. The van der Waals surface area contributed by atoms with Gasteiger partial charge in [-0.2, -0.15) is 0 Å². The Labute approximate surface area is 89.8 Å². The molecule has 1 aromatic carbocycles. The number of nitrogens with zero attached hydrogens (tertiary/aromatic N) is 1. The van der Waals surface area contributed by atoms with Crippen molar-refractivity contribution in [1.82, 2.24) is 4.98 Å². The number of hydrogen-bond donors (Lipinski definition) is 1. The minimum atomic E-state index is 0.740. The van der Waals surface area contributed by atoms with Crippen molar-refractivity contribution in [3.63, 3.8) is 0 Å². The van der Waals surface area contributed by atoms with Gasteiger partial charge in [-0.3, -0.25) is 4.98 Å². The van der Waals surface area contributed by atoms with E-state index >= 15 is 0 Å². The fourth-order valence-corrected chi connectivity index (χ4v) is 1.66. The maximum Gasteiger partial charge on any atom is 0.0933 e. The molecule has 0 bridgehead atoms. The van der Waals surface area contributed by atoms with E-state index in [1.165, 1.54) is 5.56 Å². The first-order valence-electron chi connectivity index (χ1n) is 4.96. The number of nitrogens with two attached hydrogens (primary N) is 1. The van der Waals surface area contributed by atoms with E-state index in [0.717, 1.165) is 22.5 Å². The van der Waals surface area contributed by atoms with Crippen LogP contribution < -0.4 is 5.73 Å². The largest absolute Gasteiger partial charge is 0.397 e. The van der Waals surface area contributed by atoms with Crippen LogP contribution in [0, 0.1) is 13.8 Å². The van der Waals surface area contributed by atoms with Crippen molar-refractivity contribution in [1.29, 1.82) is 0 Å². The zero-order chi connectivity index (χ0) is 10.8. The molecule has 0 saturated heterocycles. The van der Waals surface area contributed by atoms with Crippen molar-refractivity contribution < 1.29 is 0 Å². The minimum Gasteiger partial charge on any atom is -0.397 e. The van der Waals surface area contributed by atoms with E-state index in [2.05, 4.69) is 18.0 Å². The van der Waals surface area contributed by atoms with Crippen LogP contribution in [-0.2, 0) is 0 Å². The molecule has 0 amide bonds. The lowest BCUT2D eigenvalue weighted by molar-refractivity contribution is 1.26. The molecule has 0 fully saturated rings. The highest BCUT2D eigenvalue weighted by Crippen LogP contribution is 2.26. The third kappa shape index (κ3) is 1.84. The lowest BCUT2D eigenvalue weighted by Crippen LogP contribution is -1.95. The standard InChI is InChI=1S/C13H14N2/c1-9-7-12(14)13(15-8-9)11-6-4-3-5-10(11)2/h3-8H,14H2,1-2H3. The van der Waals surface area contributed by atoms with Crippen LogP contribution in [0.4, 0.5) is 5.69 Å². The third-order valence-corrected chi connectivity index (χ3v) is 2.45. The summed E-state index contributed by atoms with van der Waals surface area (Å²) >= 11 is 0. The van der Waals surface area contributed by atoms with E-state index in [1.807, 2.05) is 37.4 Å². The summed E-state index contributed by atoms with van der Waals surface area (Å²) in [6.07, 6.45) is 1.85. The van der Waals surface area contributed by atoms with E-state index in [9.17, 15) is 0 Å². The predicted octanol–water partition coefficient (Wildman–Crippen LogP) is 2.95. The first-order valence-corrected chi connectivity index (χ1v) is 4.96. The van der Waals surface area contributed by atoms with Gasteiger partial charge in [-0.25, -0.2) is 0 Å². The summed E-state index contributed by atoms with van der Waals surface area (Å²) < 4.78 is 0. The number of aryl methyl sites for hydroxylation is 2. The molecule has 15 heavy (non-hydrogen) atoms. The van der Waals surface area contributed by atoms with Crippen molar-refractivity contribution in [2.75, 3.05) is 5.73 Å². The van der Waals surface area contributed by atoms with E-state index in [0.29, 0.717) is 0 Å². The number of anilines is 1. The van der Waals surface area contributed by atoms with Gasteiger partial charge in [-0.1, -0.05) is 24.3 Å². The summed E-state index contributed by atoms with van der Waals surface area (Å²) in [6.45, 7) is 4.06. The Balaban J connectivity index is 2.60. The third-order valence-electron chi connectivity index (χ3n) is 2.45. The smallest absolute Gasteiger partial charge is 0.0933 e. The second-order valence-electron chi connectivity index (χ2n) is 3.77. The molecular weight excluding hydrogens is 184 g/mol. The number of hydrogen-bond acceptors (Lipinski definition) is 2. The molecule has 76 valence electrons. The maximum absolute atomic E-state index is 5.96. The van der Waals surface area contributed by atoms with Crippen LogP contribution in [0.15, 0.2) is 36.5 Å². The molecule has 2 N–H and O–H groups in total. The molecule has 2 aromatic rings. The van der Waals surface area contributed by atoms with Crippen LogP contribution in [0.2, 0.25) is 0 Å². The van der Waals surface area contributed by atoms with Gasteiger partial charge in [0.05, 0.1) is 11.4 Å². The van der Waals surface area contributed by atoms with Gasteiger partial charge in [-0.05, 0) is 31.0 Å². The molecule has 2 heteroatoms. The SMILES string of the molecule is Cc1cnc(-c2ccccc2C)c(N)c1. The molecule has 0 aliphatic rings. The van der Waals surface area contributed by atoms with Crippen molar-refractivity contribution in [3.05, 3.63) is 47.7 Å². The molecule has 2 rings (SSSR count). The zero-order valence-electron chi connectivity index (χ0n) is 8.99. The molecule has 0 unspecified atom stereocenters. The summed E-state index contributed by atoms with van der Waals surface area (Å²) in [4.78, 5) is 4.38. The van der Waals surface area contributed by atoms with Crippen molar-refractivity contribution in [3.8, 4) is 11.3 Å². The quantitative estimate of drug-likeness (QED) is 0.765. The lowest BCUT2D eigenvalue weighted by atomic mass is 10.0. The van der Waals surface area contributed by atoms with Gasteiger partial charge in [-0.15, -0.1) is 0 Å². The van der Waals surface area contributed by atoms with Crippen LogP contribution in [0.25, 0.3) is 11.3 Å². The molecule has 0 aliphatic heterocycles. The number of benzene rings is 1. The van der Waals surface area contributed by atoms with Gasteiger partial charge in [0.15, 0.2) is 0 Å². The zero-order valence-corrected chi connectivity index (χ0v) is 8.99. The Bertz CT molecular complexity index is 490. The summed E-state index contributed by atoms with van der Waals surface area (Å²) in [5.74, 6) is 0. The fourth-order valence-electron chi connectivity index (χ4n) is 1.66. The normalized spacial score (nSPS) is 10.3. The number of nitrogen functional groups attached to an aromatic ring is 1. The van der Waals surface area contributed by atoms with Crippen molar-refractivity contribution in [2.24, 2.45) is 0 Å². The van der Waals surface area contributed by atoms with Crippen LogP contribution in [0.5, 0.6) is 0 Å². The first kappa shape index (κ1) is 9.71. The number of pyridine rings is 1. The maximum atomic E-state index is 5.96. The summed E-state index contributed by atoms with van der Waals surface area (Å²) in [6, 6.07) is 10.1. The van der Waals surface area contributed by atoms with Crippen LogP contribution in [-0.4, -0.2) is 4.98 Å². The van der Waals surface area contributed by atoms with Crippen LogP contribution in [0.1, 0.15) is 11.1 Å². The second kappa shape index (κ2) is 3.73. The molecule has 1 heterocycles. The van der Waals surface area contributed by atoms with Gasteiger partial charge < -0.3 is 5.73 Å². The van der Waals surface area contributed by atoms with E-state index in [1.54, 1.807) is 0 Å². The monoisotopic (exact) mass is 198 g/mol. The average molecular weight is 198 g/mol. The Hall–Kier alpha value is -1.83. The molecule has 0 spiro atoms. The predicted molar refractivity (Wildman–Crippen MR) is 63.6 cm³/mol.